The number of rotatable bonds is 6. The Bertz CT molecular complexity index is 651. The highest BCUT2D eigenvalue weighted by atomic mass is 32.2. The number of hydrogen-bond acceptors (Lipinski definition) is 4. The van der Waals surface area contributed by atoms with Crippen molar-refractivity contribution in [2.45, 2.75) is 37.5 Å². The third-order valence-electron chi connectivity index (χ3n) is 4.22. The van der Waals surface area contributed by atoms with Crippen LogP contribution in [0.3, 0.4) is 0 Å². The molecule has 0 radical (unpaired) electrons. The van der Waals surface area contributed by atoms with Gasteiger partial charge in [-0.1, -0.05) is 19.4 Å². The van der Waals surface area contributed by atoms with E-state index in [1.165, 1.54) is 0 Å². The maximum absolute atomic E-state index is 13.5. The fourth-order valence-electron chi connectivity index (χ4n) is 2.55. The van der Waals surface area contributed by atoms with Gasteiger partial charge < -0.3 is 0 Å². The van der Waals surface area contributed by atoms with Gasteiger partial charge >= 0.3 is 5.69 Å². The maximum Gasteiger partial charge on any atom is 0.324 e. The van der Waals surface area contributed by atoms with Gasteiger partial charge in [0.2, 0.25) is 15.8 Å². The second-order valence-corrected chi connectivity index (χ2v) is 7.11. The molecule has 0 spiro atoms. The number of nitro groups is 1. The second-order valence-electron chi connectivity index (χ2n) is 5.38. The monoisotopic (exact) mass is 316 g/mol. The minimum absolute atomic E-state index is 0.0742. The summed E-state index contributed by atoms with van der Waals surface area (Å²) in [5, 5.41) is 10.9. The minimum Gasteiger partial charge on any atom is -0.258 e. The number of benzene rings is 1. The van der Waals surface area contributed by atoms with Crippen molar-refractivity contribution in [3.05, 3.63) is 34.1 Å². The standard InChI is InChI=1S/C13H17FN2O4S/c1-2-13(7-4-8-13)9-15-21(19,20)11-6-3-5-10(14)12(11)16(17)18/h3,5-6,15H,2,4,7-9H2,1H3. The van der Waals surface area contributed by atoms with Gasteiger partial charge in [-0.25, -0.2) is 13.1 Å². The molecule has 0 bridgehead atoms. The Morgan fingerprint density at radius 3 is 2.57 bits per heavy atom. The zero-order chi connectivity index (χ0) is 15.7. The van der Waals surface area contributed by atoms with Crippen molar-refractivity contribution < 1.29 is 17.7 Å². The summed E-state index contributed by atoms with van der Waals surface area (Å²) in [6, 6.07) is 3.06. The van der Waals surface area contributed by atoms with E-state index in [0.29, 0.717) is 0 Å². The van der Waals surface area contributed by atoms with Crippen LogP contribution in [0, 0.1) is 21.3 Å². The summed E-state index contributed by atoms with van der Waals surface area (Å²) < 4.78 is 40.4. The largest absolute Gasteiger partial charge is 0.324 e. The Balaban J connectivity index is 2.28. The van der Waals surface area contributed by atoms with Crippen molar-refractivity contribution in [3.8, 4) is 0 Å². The molecule has 8 heteroatoms. The van der Waals surface area contributed by atoms with E-state index in [9.17, 15) is 22.9 Å². The fraction of sp³-hybridized carbons (Fsp3) is 0.538. The van der Waals surface area contributed by atoms with Crippen LogP contribution in [0.5, 0.6) is 0 Å². The second kappa shape index (κ2) is 5.69. The van der Waals surface area contributed by atoms with Gasteiger partial charge in [0.1, 0.15) is 0 Å². The summed E-state index contributed by atoms with van der Waals surface area (Å²) in [6.45, 7) is 2.21. The van der Waals surface area contributed by atoms with E-state index in [2.05, 4.69) is 4.72 Å². The van der Waals surface area contributed by atoms with Crippen LogP contribution in [0.2, 0.25) is 0 Å². The van der Waals surface area contributed by atoms with Gasteiger partial charge in [-0.2, -0.15) is 4.39 Å². The first-order chi connectivity index (χ1) is 9.81. The molecule has 1 saturated carbocycles. The van der Waals surface area contributed by atoms with Crippen molar-refractivity contribution in [1.82, 2.24) is 4.72 Å². The SMILES string of the molecule is CCC1(CNS(=O)(=O)c2cccc(F)c2[N+](=O)[O-])CCC1. The minimum atomic E-state index is -4.11. The summed E-state index contributed by atoms with van der Waals surface area (Å²) in [4.78, 5) is 9.25. The van der Waals surface area contributed by atoms with E-state index in [1.54, 1.807) is 0 Å². The van der Waals surface area contributed by atoms with E-state index < -0.39 is 31.3 Å². The summed E-state index contributed by atoms with van der Waals surface area (Å²) in [5.41, 5.74) is -1.08. The van der Waals surface area contributed by atoms with Crippen LogP contribution in [0.15, 0.2) is 23.1 Å². The van der Waals surface area contributed by atoms with Gasteiger partial charge in [0.15, 0.2) is 4.90 Å². The average Bonchev–Trinajstić information content (AvgIpc) is 2.37. The number of nitrogens with zero attached hydrogens (tertiary/aromatic N) is 1. The molecule has 1 aromatic carbocycles. The molecule has 1 aliphatic rings. The van der Waals surface area contributed by atoms with Gasteiger partial charge in [-0.3, -0.25) is 10.1 Å². The van der Waals surface area contributed by atoms with E-state index >= 15 is 0 Å². The lowest BCUT2D eigenvalue weighted by Crippen LogP contribution is -2.41. The quantitative estimate of drug-likeness (QED) is 0.645. The van der Waals surface area contributed by atoms with Crippen molar-refractivity contribution in [2.24, 2.45) is 5.41 Å². The number of nitro benzene ring substituents is 1. The first-order valence-corrected chi connectivity index (χ1v) is 8.22. The van der Waals surface area contributed by atoms with Crippen LogP contribution in [0.1, 0.15) is 32.6 Å². The van der Waals surface area contributed by atoms with Crippen molar-refractivity contribution in [1.29, 1.82) is 0 Å². The van der Waals surface area contributed by atoms with Crippen LogP contribution in [-0.2, 0) is 10.0 Å². The number of para-hydroxylation sites is 1. The molecule has 21 heavy (non-hydrogen) atoms. The molecule has 0 aliphatic heterocycles. The van der Waals surface area contributed by atoms with E-state index in [-0.39, 0.29) is 12.0 Å². The number of nitrogens with one attached hydrogen (secondary N) is 1. The summed E-state index contributed by atoms with van der Waals surface area (Å²) >= 11 is 0. The topological polar surface area (TPSA) is 89.3 Å². The van der Waals surface area contributed by atoms with Gasteiger partial charge in [0, 0.05) is 6.54 Å². The molecule has 0 atom stereocenters. The molecule has 0 amide bonds. The van der Waals surface area contributed by atoms with Gasteiger partial charge in [-0.05, 0) is 36.8 Å². The third-order valence-corrected chi connectivity index (χ3v) is 5.66. The fourth-order valence-corrected chi connectivity index (χ4v) is 3.88. The zero-order valence-electron chi connectivity index (χ0n) is 11.6. The van der Waals surface area contributed by atoms with Crippen molar-refractivity contribution >= 4 is 15.7 Å². The van der Waals surface area contributed by atoms with E-state index in [0.717, 1.165) is 43.9 Å². The highest BCUT2D eigenvalue weighted by Crippen LogP contribution is 2.43. The van der Waals surface area contributed by atoms with Crippen LogP contribution < -0.4 is 4.72 Å². The maximum atomic E-state index is 13.5. The van der Waals surface area contributed by atoms with Gasteiger partial charge in [-0.15, -0.1) is 0 Å². The van der Waals surface area contributed by atoms with Crippen LogP contribution >= 0.6 is 0 Å². The predicted molar refractivity (Wildman–Crippen MR) is 74.8 cm³/mol. The lowest BCUT2D eigenvalue weighted by atomic mass is 9.67. The number of sulfonamides is 1. The Morgan fingerprint density at radius 2 is 2.10 bits per heavy atom. The van der Waals surface area contributed by atoms with Crippen LogP contribution in [0.4, 0.5) is 10.1 Å². The molecule has 1 aromatic rings. The molecular weight excluding hydrogens is 299 g/mol. The normalized spacial score (nSPS) is 17.2. The van der Waals surface area contributed by atoms with Crippen molar-refractivity contribution in [2.75, 3.05) is 6.54 Å². The summed E-state index contributed by atoms with van der Waals surface area (Å²) in [5.74, 6) is -1.16. The lowest BCUT2D eigenvalue weighted by Gasteiger charge is -2.41. The predicted octanol–water partition coefficient (Wildman–Crippen LogP) is 2.59. The molecule has 1 N–H and O–H groups in total. The van der Waals surface area contributed by atoms with Crippen LogP contribution in [0.25, 0.3) is 0 Å². The van der Waals surface area contributed by atoms with Gasteiger partial charge in [0.05, 0.1) is 4.92 Å². The van der Waals surface area contributed by atoms with E-state index in [4.69, 9.17) is 0 Å². The molecule has 1 fully saturated rings. The number of halogens is 1. The lowest BCUT2D eigenvalue weighted by molar-refractivity contribution is -0.390. The smallest absolute Gasteiger partial charge is 0.258 e. The Kier molecular flexibility index (Phi) is 4.29. The Morgan fingerprint density at radius 1 is 1.43 bits per heavy atom. The van der Waals surface area contributed by atoms with E-state index in [1.807, 2.05) is 6.92 Å². The first-order valence-electron chi connectivity index (χ1n) is 6.74. The molecule has 6 nitrogen and oxygen atoms in total. The molecular formula is C13H17FN2O4S. The number of hydrogen-bond donors (Lipinski definition) is 1. The van der Waals surface area contributed by atoms with Crippen LogP contribution in [-0.4, -0.2) is 19.9 Å². The third kappa shape index (κ3) is 3.06. The molecule has 0 unspecified atom stereocenters. The first kappa shape index (κ1) is 15.8. The molecule has 0 saturated heterocycles. The molecule has 0 aromatic heterocycles. The van der Waals surface area contributed by atoms with Crippen molar-refractivity contribution in [3.63, 3.8) is 0 Å². The molecule has 116 valence electrons. The Hall–Kier alpha value is -1.54. The zero-order valence-corrected chi connectivity index (χ0v) is 12.5. The molecule has 2 rings (SSSR count). The summed E-state index contributed by atoms with van der Waals surface area (Å²) in [7, 11) is -4.11. The average molecular weight is 316 g/mol. The highest BCUT2D eigenvalue weighted by molar-refractivity contribution is 7.89. The molecule has 1 aliphatic carbocycles. The summed E-state index contributed by atoms with van der Waals surface area (Å²) in [6.07, 6.45) is 3.74. The highest BCUT2D eigenvalue weighted by Gasteiger charge is 2.37. The Labute approximate surface area is 122 Å². The molecule has 0 heterocycles. The van der Waals surface area contributed by atoms with Gasteiger partial charge in [0.25, 0.3) is 0 Å².